The van der Waals surface area contributed by atoms with Gasteiger partial charge in [0.25, 0.3) is 0 Å². The van der Waals surface area contributed by atoms with Crippen LogP contribution in [-0.2, 0) is 27.5 Å². The zero-order valence-electron chi connectivity index (χ0n) is 20.0. The normalized spacial score (nSPS) is 12.1. The Morgan fingerprint density at radius 3 is 2.36 bits per heavy atom. The second-order valence-corrected chi connectivity index (χ2v) is 12.2. The molecule has 1 aromatic heterocycles. The van der Waals surface area contributed by atoms with Gasteiger partial charge < -0.3 is 4.90 Å². The van der Waals surface area contributed by atoms with E-state index in [-0.39, 0.29) is 17.2 Å². The van der Waals surface area contributed by atoms with Crippen LogP contribution in [0.4, 0.5) is 5.13 Å². The number of hydrogen-bond donors (Lipinski definition) is 0. The van der Waals surface area contributed by atoms with Gasteiger partial charge in [-0.1, -0.05) is 42.5 Å². The number of aryl methyl sites for hydroxylation is 1. The van der Waals surface area contributed by atoms with E-state index in [9.17, 15) is 13.2 Å². The van der Waals surface area contributed by atoms with E-state index in [1.54, 1.807) is 54.3 Å². The maximum Gasteiger partial charge on any atom is 0.233 e. The number of aromatic nitrogens is 1. The molecule has 6 nitrogen and oxygen atoms in total. The molecule has 0 aliphatic heterocycles. The first-order valence-electron chi connectivity index (χ1n) is 11.3. The Labute approximate surface area is 201 Å². The van der Waals surface area contributed by atoms with Crippen LogP contribution in [0.25, 0.3) is 10.2 Å². The van der Waals surface area contributed by atoms with E-state index < -0.39 is 15.1 Å². The van der Waals surface area contributed by atoms with Crippen LogP contribution in [0.1, 0.15) is 38.3 Å². The Kier molecular flexibility index (Phi) is 8.26. The van der Waals surface area contributed by atoms with Gasteiger partial charge in [0.15, 0.2) is 15.0 Å². The van der Waals surface area contributed by atoms with Gasteiger partial charge in [-0.15, -0.1) is 0 Å². The van der Waals surface area contributed by atoms with E-state index in [0.29, 0.717) is 11.7 Å². The van der Waals surface area contributed by atoms with Crippen LogP contribution in [0.15, 0.2) is 47.4 Å². The van der Waals surface area contributed by atoms with Gasteiger partial charge in [-0.2, -0.15) is 0 Å². The number of amides is 1. The number of thiazole rings is 1. The predicted molar refractivity (Wildman–Crippen MR) is 137 cm³/mol. The number of para-hydroxylation sites is 1. The Morgan fingerprint density at radius 1 is 1.06 bits per heavy atom. The molecule has 2 aromatic carbocycles. The van der Waals surface area contributed by atoms with Crippen molar-refractivity contribution in [3.8, 4) is 0 Å². The van der Waals surface area contributed by atoms with Gasteiger partial charge in [0.1, 0.15) is 0 Å². The third kappa shape index (κ3) is 5.99. The topological polar surface area (TPSA) is 70.6 Å². The molecule has 0 N–H and O–H groups in total. The maximum atomic E-state index is 13.4. The monoisotopic (exact) mass is 487 g/mol. The van der Waals surface area contributed by atoms with Crippen LogP contribution in [0.2, 0.25) is 0 Å². The molecular weight excluding hydrogens is 454 g/mol. The lowest BCUT2D eigenvalue weighted by Gasteiger charge is -2.21. The maximum absolute atomic E-state index is 13.4. The molecule has 0 fully saturated rings. The highest BCUT2D eigenvalue weighted by atomic mass is 32.2. The second kappa shape index (κ2) is 10.8. The van der Waals surface area contributed by atoms with Gasteiger partial charge in [-0.25, -0.2) is 13.4 Å². The first-order chi connectivity index (χ1) is 15.6. The van der Waals surface area contributed by atoms with Crippen molar-refractivity contribution in [1.82, 2.24) is 9.88 Å². The van der Waals surface area contributed by atoms with E-state index in [2.05, 4.69) is 17.9 Å². The second-order valence-electron chi connectivity index (χ2n) is 8.73. The molecule has 0 spiro atoms. The Balaban J connectivity index is 1.86. The summed E-state index contributed by atoms with van der Waals surface area (Å²) >= 11 is 1.54. The van der Waals surface area contributed by atoms with Gasteiger partial charge in [0.05, 0.1) is 26.8 Å². The van der Waals surface area contributed by atoms with Crippen molar-refractivity contribution in [3.63, 3.8) is 0 Å². The number of fused-ring (bicyclic) bond motifs is 1. The number of hydrogen-bond acceptors (Lipinski definition) is 6. The number of nitrogens with zero attached hydrogens (tertiary/aromatic N) is 3. The first-order valence-corrected chi connectivity index (χ1v) is 13.7. The van der Waals surface area contributed by atoms with Crippen molar-refractivity contribution in [1.29, 1.82) is 0 Å². The number of rotatable bonds is 10. The molecule has 0 saturated heterocycles. The summed E-state index contributed by atoms with van der Waals surface area (Å²) in [4.78, 5) is 22.4. The summed E-state index contributed by atoms with van der Waals surface area (Å²) in [7, 11) is 0.705. The third-order valence-corrected chi connectivity index (χ3v) is 8.83. The number of benzene rings is 2. The van der Waals surface area contributed by atoms with E-state index in [4.69, 9.17) is 4.98 Å². The molecule has 0 bridgehead atoms. The van der Waals surface area contributed by atoms with Crippen molar-refractivity contribution in [2.24, 2.45) is 0 Å². The van der Waals surface area contributed by atoms with Crippen molar-refractivity contribution in [2.75, 3.05) is 32.1 Å². The van der Waals surface area contributed by atoms with E-state index in [1.165, 1.54) is 5.56 Å². The predicted octanol–water partition coefficient (Wildman–Crippen LogP) is 4.57. The van der Waals surface area contributed by atoms with Crippen LogP contribution in [-0.4, -0.2) is 56.6 Å². The van der Waals surface area contributed by atoms with Crippen LogP contribution in [0.5, 0.6) is 0 Å². The molecule has 8 heteroatoms. The smallest absolute Gasteiger partial charge is 0.233 e. The quantitative estimate of drug-likeness (QED) is 0.419. The van der Waals surface area contributed by atoms with Crippen molar-refractivity contribution in [3.05, 3.63) is 53.6 Å². The van der Waals surface area contributed by atoms with Gasteiger partial charge in [0.2, 0.25) is 5.91 Å². The standard InChI is InChI=1S/C25H33N3O3S2/c1-6-20-9-7-10-22-24(20)26-25(32-22)28(16-8-15-27(4)5)23(29)17-19-11-13-21(14-12-19)33(30,31)18(2)3/h7,9-14,18H,6,8,15-17H2,1-5H3. The number of carbonyl (C=O) groups is 1. The largest absolute Gasteiger partial charge is 0.309 e. The van der Waals surface area contributed by atoms with Crippen LogP contribution in [0, 0.1) is 0 Å². The minimum absolute atomic E-state index is 0.0367. The molecule has 178 valence electrons. The van der Waals surface area contributed by atoms with Crippen molar-refractivity contribution in [2.45, 2.75) is 50.2 Å². The van der Waals surface area contributed by atoms with Crippen LogP contribution < -0.4 is 4.90 Å². The number of carbonyl (C=O) groups excluding carboxylic acids is 1. The van der Waals surface area contributed by atoms with E-state index in [1.807, 2.05) is 26.2 Å². The SMILES string of the molecule is CCc1cccc2sc(N(CCCN(C)C)C(=O)Cc3ccc(S(=O)(=O)C(C)C)cc3)nc12. The Hall–Kier alpha value is -2.29. The molecule has 3 rings (SSSR count). The highest BCUT2D eigenvalue weighted by molar-refractivity contribution is 7.92. The molecule has 0 saturated carbocycles. The number of anilines is 1. The summed E-state index contributed by atoms with van der Waals surface area (Å²) in [6.07, 6.45) is 1.92. The summed E-state index contributed by atoms with van der Waals surface area (Å²) < 4.78 is 25.8. The molecule has 0 atom stereocenters. The van der Waals surface area contributed by atoms with Crippen LogP contribution >= 0.6 is 11.3 Å². The van der Waals surface area contributed by atoms with Gasteiger partial charge in [-0.3, -0.25) is 9.69 Å². The minimum Gasteiger partial charge on any atom is -0.309 e. The van der Waals surface area contributed by atoms with Crippen LogP contribution in [0.3, 0.4) is 0 Å². The fourth-order valence-corrected chi connectivity index (χ4v) is 5.72. The molecule has 3 aromatic rings. The van der Waals surface area contributed by atoms with Gasteiger partial charge in [0, 0.05) is 6.54 Å². The highest BCUT2D eigenvalue weighted by Gasteiger charge is 2.22. The zero-order chi connectivity index (χ0) is 24.2. The summed E-state index contributed by atoms with van der Waals surface area (Å²) in [5.74, 6) is -0.0367. The molecule has 0 aliphatic rings. The first kappa shape index (κ1) is 25.3. The fourth-order valence-electron chi connectivity index (χ4n) is 3.61. The highest BCUT2D eigenvalue weighted by Crippen LogP contribution is 2.31. The summed E-state index contributed by atoms with van der Waals surface area (Å²) in [5.41, 5.74) is 2.93. The summed E-state index contributed by atoms with van der Waals surface area (Å²) in [5, 5.41) is 0.234. The van der Waals surface area contributed by atoms with Gasteiger partial charge >= 0.3 is 0 Å². The van der Waals surface area contributed by atoms with E-state index in [0.717, 1.165) is 35.2 Å². The zero-order valence-corrected chi connectivity index (χ0v) is 21.7. The molecular formula is C25H33N3O3S2. The molecule has 0 aliphatic carbocycles. The average molecular weight is 488 g/mol. The Morgan fingerprint density at radius 2 is 1.76 bits per heavy atom. The molecule has 1 amide bonds. The Bertz CT molecular complexity index is 1200. The summed E-state index contributed by atoms with van der Waals surface area (Å²) in [6.45, 7) is 6.90. The van der Waals surface area contributed by atoms with E-state index >= 15 is 0 Å². The average Bonchev–Trinajstić information content (AvgIpc) is 3.20. The van der Waals surface area contributed by atoms with Crippen molar-refractivity contribution >= 4 is 42.4 Å². The lowest BCUT2D eigenvalue weighted by molar-refractivity contribution is -0.118. The summed E-state index contributed by atoms with van der Waals surface area (Å²) in [6, 6.07) is 12.8. The van der Waals surface area contributed by atoms with Crippen molar-refractivity contribution < 1.29 is 13.2 Å². The lowest BCUT2D eigenvalue weighted by atomic mass is 10.1. The molecule has 1 heterocycles. The number of sulfone groups is 1. The third-order valence-electron chi connectivity index (χ3n) is 5.62. The molecule has 0 radical (unpaired) electrons. The fraction of sp³-hybridized carbons (Fsp3) is 0.440. The molecule has 0 unspecified atom stereocenters. The van der Waals surface area contributed by atoms with Gasteiger partial charge in [-0.05, 0) is 76.7 Å². The molecule has 33 heavy (non-hydrogen) atoms. The lowest BCUT2D eigenvalue weighted by Crippen LogP contribution is -2.34. The minimum atomic E-state index is -3.33.